The molecule has 3 aliphatic rings. The monoisotopic (exact) mass is 1370 g/mol. The zero-order valence-corrected chi connectivity index (χ0v) is 54.6. The topological polar surface area (TPSA) is 181 Å². The van der Waals surface area contributed by atoms with Crippen LogP contribution in [-0.4, -0.2) is 70.0 Å². The number of aromatic nitrogens is 4. The molecule has 12 aromatic rings. The molecule has 4 amide bonds. The molecule has 15 rings (SSSR count). The number of para-hydroxylation sites is 4. The average Bonchev–Trinajstić information content (AvgIpc) is 1.70. The van der Waals surface area contributed by atoms with E-state index in [9.17, 15) is 33.9 Å². The third-order valence-electron chi connectivity index (χ3n) is 15.7. The second kappa shape index (κ2) is 28.1. The van der Waals surface area contributed by atoms with Gasteiger partial charge < -0.3 is 5.11 Å². The number of Topliss-reactive ketones (excluding diaryl/α,β-unsaturated/α-hetero) is 2. The second-order valence-corrected chi connectivity index (χ2v) is 24.3. The number of benzene rings is 8. The molecule has 3 unspecified atom stereocenters. The van der Waals surface area contributed by atoms with Crippen molar-refractivity contribution in [3.8, 4) is 11.3 Å². The molecule has 93 heavy (non-hydrogen) atoms. The number of ketones is 2. The van der Waals surface area contributed by atoms with Crippen molar-refractivity contribution in [2.75, 3.05) is 0 Å². The molecular weight excluding hydrogens is 1320 g/mol. The highest BCUT2D eigenvalue weighted by molar-refractivity contribution is 6.38. The standard InChI is InChI=1S/C25H17ClN2O2.C19H12Cl2N2O2.C11H9Cl2NO.C9H5Cl2N.C9H6O2/c1-15(28-24(29)18-11-5-6-12-19(18)25(28)30)20-14-17-10-7-13-21(26)23(17)27-22(20)16-8-3-2-4-9-16;1-10(23-18(24)12-6-2-3-7-13(12)19(23)25)14-9-11-5-4-8-15(20)16(11)22-17(14)21;1-6(15)8-5-7-3-2-4-9(12)10(7)14-11(8)13;10-7-3-1-2-6-4-5-8(11)12-9(6)7;10-8-5-9(11)7-4-2-1-3-6(7)8/h2-15H,1H3;2-10H,1H3;2-6,15H,1H3;1-5H;1-4H,5H2. The first-order chi connectivity index (χ1) is 44.7. The van der Waals surface area contributed by atoms with Crippen LogP contribution in [0.15, 0.2) is 206 Å². The van der Waals surface area contributed by atoms with Crippen molar-refractivity contribution in [3.63, 3.8) is 0 Å². The van der Waals surface area contributed by atoms with Crippen molar-refractivity contribution in [3.05, 3.63) is 292 Å². The van der Waals surface area contributed by atoms with Gasteiger partial charge in [0.25, 0.3) is 23.6 Å². The third-order valence-corrected chi connectivity index (χ3v) is 17.7. The molecule has 4 aromatic heterocycles. The number of hydrogen-bond donors (Lipinski definition) is 1. The molecule has 0 bridgehead atoms. The summed E-state index contributed by atoms with van der Waals surface area (Å²) in [4.78, 5) is 93.6. The Labute approximate surface area is 568 Å². The minimum atomic E-state index is -0.631. The summed E-state index contributed by atoms with van der Waals surface area (Å²) in [7, 11) is 0. The summed E-state index contributed by atoms with van der Waals surface area (Å²) in [6, 6.07) is 60.7. The normalized spacial score (nSPS) is 13.9. The van der Waals surface area contributed by atoms with E-state index in [-0.39, 0.29) is 46.8 Å². The molecule has 1 N–H and O–H groups in total. The molecule has 0 saturated carbocycles. The summed E-state index contributed by atoms with van der Waals surface area (Å²) in [6.07, 6.45) is -0.576. The van der Waals surface area contributed by atoms with Crippen LogP contribution in [0.4, 0.5) is 0 Å². The summed E-state index contributed by atoms with van der Waals surface area (Å²) < 4.78 is 0. The Morgan fingerprint density at radius 1 is 0.355 bits per heavy atom. The number of carbonyl (C=O) groups excluding carboxylic acids is 6. The Morgan fingerprint density at radius 3 is 1.13 bits per heavy atom. The van der Waals surface area contributed by atoms with Crippen LogP contribution < -0.4 is 0 Å². The zero-order chi connectivity index (χ0) is 65.9. The number of amides is 4. The van der Waals surface area contributed by atoms with Gasteiger partial charge in [0.15, 0.2) is 11.6 Å². The molecule has 0 spiro atoms. The van der Waals surface area contributed by atoms with Gasteiger partial charge in [0.2, 0.25) is 0 Å². The van der Waals surface area contributed by atoms with E-state index in [1.54, 1.807) is 123 Å². The lowest BCUT2D eigenvalue weighted by Gasteiger charge is -2.25. The SMILES string of the molecule is CC(O)c1cc2cccc(Cl)c2nc1Cl.CC(c1cc2cccc(Cl)c2nc1-c1ccccc1)N1C(=O)c2ccccc2C1=O.CC(c1cc2cccc(Cl)c2nc1Cl)N1C(=O)c2ccccc2C1=O.Clc1ccc2cccc(Cl)c2n1.O=C1CC(=O)c2ccccc21. The molecule has 0 saturated heterocycles. The maximum absolute atomic E-state index is 13.1. The first-order valence-corrected chi connectivity index (χ1v) is 31.5. The maximum atomic E-state index is 13.1. The lowest BCUT2D eigenvalue weighted by molar-refractivity contribution is 0.0579. The number of rotatable bonds is 6. The number of carbonyl (C=O) groups is 6. The number of pyridine rings is 4. The molecule has 6 heterocycles. The van der Waals surface area contributed by atoms with Crippen molar-refractivity contribution < 1.29 is 33.9 Å². The van der Waals surface area contributed by atoms with E-state index in [2.05, 4.69) is 15.0 Å². The molecule has 0 fully saturated rings. The molecular formula is C73H49Cl7N6O7. The van der Waals surface area contributed by atoms with Crippen molar-refractivity contribution in [1.82, 2.24) is 29.7 Å². The number of aliphatic hydroxyl groups is 1. The van der Waals surface area contributed by atoms with Gasteiger partial charge >= 0.3 is 0 Å². The number of halogens is 7. The first-order valence-electron chi connectivity index (χ1n) is 28.8. The largest absolute Gasteiger partial charge is 0.389 e. The number of hydrogen-bond acceptors (Lipinski definition) is 11. The van der Waals surface area contributed by atoms with Gasteiger partial charge in [-0.15, -0.1) is 0 Å². The summed E-state index contributed by atoms with van der Waals surface area (Å²) in [5, 5.41) is 16.3. The van der Waals surface area contributed by atoms with Crippen LogP contribution >= 0.6 is 81.2 Å². The van der Waals surface area contributed by atoms with Crippen molar-refractivity contribution in [1.29, 1.82) is 0 Å². The highest BCUT2D eigenvalue weighted by Gasteiger charge is 2.41. The van der Waals surface area contributed by atoms with Crippen LogP contribution in [0.3, 0.4) is 0 Å². The maximum Gasteiger partial charge on any atom is 0.262 e. The van der Waals surface area contributed by atoms with Crippen LogP contribution in [0, 0.1) is 0 Å². The van der Waals surface area contributed by atoms with E-state index < -0.39 is 18.2 Å². The van der Waals surface area contributed by atoms with E-state index in [1.165, 1.54) is 9.80 Å². The third kappa shape index (κ3) is 13.5. The van der Waals surface area contributed by atoms with Crippen molar-refractivity contribution in [2.45, 2.75) is 45.4 Å². The van der Waals surface area contributed by atoms with E-state index in [1.807, 2.05) is 104 Å². The smallest absolute Gasteiger partial charge is 0.262 e. The molecule has 2 aliphatic heterocycles. The Kier molecular flexibility index (Phi) is 19.8. The minimum absolute atomic E-state index is 0.0504. The lowest BCUT2D eigenvalue weighted by Crippen LogP contribution is -2.33. The highest BCUT2D eigenvalue weighted by atomic mass is 35.5. The molecule has 1 aliphatic carbocycles. The molecule has 8 aromatic carbocycles. The minimum Gasteiger partial charge on any atom is -0.389 e. The first kappa shape index (κ1) is 65.5. The fourth-order valence-electron chi connectivity index (χ4n) is 11.0. The number of nitrogens with zero attached hydrogens (tertiary/aromatic N) is 6. The van der Waals surface area contributed by atoms with E-state index in [4.69, 9.17) is 86.2 Å². The van der Waals surface area contributed by atoms with Crippen molar-refractivity contribution in [2.24, 2.45) is 0 Å². The van der Waals surface area contributed by atoms with Crippen molar-refractivity contribution >= 4 is 160 Å². The summed E-state index contributed by atoms with van der Waals surface area (Å²) in [6.45, 7) is 5.28. The van der Waals surface area contributed by atoms with Gasteiger partial charge in [-0.2, -0.15) is 0 Å². The van der Waals surface area contributed by atoms with Gasteiger partial charge in [-0.3, -0.25) is 38.6 Å². The van der Waals surface area contributed by atoms with Gasteiger partial charge in [0.1, 0.15) is 15.5 Å². The predicted molar refractivity (Wildman–Crippen MR) is 369 cm³/mol. The van der Waals surface area contributed by atoms with Crippen LogP contribution in [0.5, 0.6) is 0 Å². The summed E-state index contributed by atoms with van der Waals surface area (Å²) >= 11 is 42.4. The van der Waals surface area contributed by atoms with Gasteiger partial charge in [0, 0.05) is 54.9 Å². The number of imide groups is 2. The van der Waals surface area contributed by atoms with Gasteiger partial charge in [0.05, 0.1) is 94.7 Å². The Bertz CT molecular complexity index is 4910. The molecule has 3 atom stereocenters. The van der Waals surface area contributed by atoms with Gasteiger partial charge in [-0.1, -0.05) is 209 Å². The number of aliphatic hydroxyl groups excluding tert-OH is 1. The fraction of sp³-hybridized carbons (Fsp3) is 0.0959. The zero-order valence-electron chi connectivity index (χ0n) is 49.3. The summed E-state index contributed by atoms with van der Waals surface area (Å²) in [5.41, 5.74) is 9.18. The lowest BCUT2D eigenvalue weighted by atomic mass is 9.97. The molecule has 20 heteroatoms. The summed E-state index contributed by atoms with van der Waals surface area (Å²) in [5.74, 6) is -1.32. The average molecular weight is 1370 g/mol. The van der Waals surface area contributed by atoms with Crippen LogP contribution in [-0.2, 0) is 0 Å². The van der Waals surface area contributed by atoms with Crippen LogP contribution in [0.2, 0.25) is 35.5 Å². The second-order valence-electron chi connectivity index (χ2n) is 21.6. The Morgan fingerprint density at radius 2 is 0.699 bits per heavy atom. The molecule has 0 radical (unpaired) electrons. The van der Waals surface area contributed by atoms with E-state index in [0.717, 1.165) is 38.2 Å². The molecule has 462 valence electrons. The quantitative estimate of drug-likeness (QED) is 0.0950. The van der Waals surface area contributed by atoms with Crippen LogP contribution in [0.25, 0.3) is 54.9 Å². The van der Waals surface area contributed by atoms with Gasteiger partial charge in [-0.25, -0.2) is 19.9 Å². The Hall–Kier alpha value is -8.99. The van der Waals surface area contributed by atoms with E-state index >= 15 is 0 Å². The fourth-order valence-corrected chi connectivity index (χ4v) is 12.7. The predicted octanol–water partition coefficient (Wildman–Crippen LogP) is 19.4. The number of fused-ring (bicyclic) bond motifs is 7. The molecule has 13 nitrogen and oxygen atoms in total. The van der Waals surface area contributed by atoms with E-state index in [0.29, 0.717) is 97.1 Å². The van der Waals surface area contributed by atoms with Crippen LogP contribution in [0.1, 0.15) is 124 Å². The Balaban J connectivity index is 0.000000126. The van der Waals surface area contributed by atoms with Gasteiger partial charge in [-0.05, 0) is 99.6 Å². The highest BCUT2D eigenvalue weighted by Crippen LogP contribution is 2.40.